The maximum absolute atomic E-state index is 11.5. The van der Waals surface area contributed by atoms with Gasteiger partial charge in [0.2, 0.25) is 5.91 Å². The van der Waals surface area contributed by atoms with Crippen molar-refractivity contribution in [2.45, 2.75) is 25.9 Å². The molecule has 1 rings (SSSR count). The van der Waals surface area contributed by atoms with Gasteiger partial charge in [-0.3, -0.25) is 9.69 Å². The van der Waals surface area contributed by atoms with Crippen molar-refractivity contribution in [3.05, 3.63) is 0 Å². The molecule has 1 heterocycles. The van der Waals surface area contributed by atoms with Gasteiger partial charge in [-0.15, -0.1) is 6.42 Å². The average molecular weight is 224 g/mol. The van der Waals surface area contributed by atoms with E-state index < -0.39 is 0 Å². The Bertz CT molecular complexity index is 254. The quantitative estimate of drug-likeness (QED) is 0.657. The van der Waals surface area contributed by atoms with Crippen LogP contribution in [0.1, 0.15) is 19.8 Å². The number of carbonyl (C=O) groups is 1. The Hall–Kier alpha value is -1.05. The molecule has 0 aliphatic carbocycles. The van der Waals surface area contributed by atoms with Gasteiger partial charge in [-0.25, -0.2) is 0 Å². The molecule has 0 aromatic rings. The second kappa shape index (κ2) is 7.26. The summed E-state index contributed by atoms with van der Waals surface area (Å²) in [6.07, 6.45) is 7.60. The van der Waals surface area contributed by atoms with Crippen molar-refractivity contribution >= 4 is 5.91 Å². The van der Waals surface area contributed by atoms with Gasteiger partial charge in [0.25, 0.3) is 0 Å². The Morgan fingerprint density at radius 3 is 3.06 bits per heavy atom. The van der Waals surface area contributed by atoms with Crippen LogP contribution in [-0.4, -0.2) is 49.7 Å². The van der Waals surface area contributed by atoms with Gasteiger partial charge < -0.3 is 10.1 Å². The van der Waals surface area contributed by atoms with Crippen LogP contribution in [0.5, 0.6) is 0 Å². The zero-order chi connectivity index (χ0) is 11.8. The molecule has 1 fully saturated rings. The van der Waals surface area contributed by atoms with Crippen LogP contribution in [0.3, 0.4) is 0 Å². The fourth-order valence-electron chi connectivity index (χ4n) is 1.79. The van der Waals surface area contributed by atoms with Crippen LogP contribution >= 0.6 is 0 Å². The lowest BCUT2D eigenvalue weighted by Gasteiger charge is -2.22. The molecule has 1 amide bonds. The average Bonchev–Trinajstić information content (AvgIpc) is 2.78. The molecule has 90 valence electrons. The normalized spacial score (nSPS) is 19.7. The molecule has 4 nitrogen and oxygen atoms in total. The first kappa shape index (κ1) is 13.0. The number of carbonyl (C=O) groups excluding carboxylic acids is 1. The number of hydrogen-bond donors (Lipinski definition) is 1. The molecular weight excluding hydrogens is 204 g/mol. The van der Waals surface area contributed by atoms with E-state index in [0.717, 1.165) is 32.5 Å². The highest BCUT2D eigenvalue weighted by Gasteiger charge is 2.19. The van der Waals surface area contributed by atoms with Crippen molar-refractivity contribution in [1.82, 2.24) is 10.2 Å². The number of terminal acetylenes is 1. The molecule has 1 saturated heterocycles. The molecule has 0 radical (unpaired) electrons. The molecular formula is C12H20N2O2. The minimum atomic E-state index is -0.0159. The Labute approximate surface area is 97.3 Å². The van der Waals surface area contributed by atoms with Crippen LogP contribution in [0.2, 0.25) is 0 Å². The summed E-state index contributed by atoms with van der Waals surface area (Å²) in [5, 5.41) is 2.66. The highest BCUT2D eigenvalue weighted by atomic mass is 16.5. The van der Waals surface area contributed by atoms with Crippen LogP contribution in [-0.2, 0) is 9.53 Å². The summed E-state index contributed by atoms with van der Waals surface area (Å²) in [6.45, 7) is 5.28. The molecule has 1 unspecified atom stereocenters. The van der Waals surface area contributed by atoms with Gasteiger partial charge in [0, 0.05) is 13.2 Å². The van der Waals surface area contributed by atoms with Crippen molar-refractivity contribution in [1.29, 1.82) is 0 Å². The van der Waals surface area contributed by atoms with E-state index in [1.54, 1.807) is 0 Å². The molecule has 1 aliphatic rings. The number of nitrogens with zero attached hydrogens (tertiary/aromatic N) is 1. The minimum Gasteiger partial charge on any atom is -0.377 e. The zero-order valence-corrected chi connectivity index (χ0v) is 9.87. The van der Waals surface area contributed by atoms with Crippen molar-refractivity contribution in [3.63, 3.8) is 0 Å². The zero-order valence-electron chi connectivity index (χ0n) is 9.87. The number of ether oxygens (including phenoxy) is 1. The van der Waals surface area contributed by atoms with E-state index in [4.69, 9.17) is 11.2 Å². The Morgan fingerprint density at radius 2 is 2.50 bits per heavy atom. The predicted molar refractivity (Wildman–Crippen MR) is 62.9 cm³/mol. The molecule has 1 N–H and O–H groups in total. The lowest BCUT2D eigenvalue weighted by atomic mass is 10.2. The van der Waals surface area contributed by atoms with E-state index in [9.17, 15) is 4.79 Å². The number of nitrogens with one attached hydrogen (secondary N) is 1. The molecule has 1 atom stereocenters. The maximum atomic E-state index is 11.5. The smallest absolute Gasteiger partial charge is 0.234 e. The first-order chi connectivity index (χ1) is 7.76. The first-order valence-electron chi connectivity index (χ1n) is 5.80. The van der Waals surface area contributed by atoms with Crippen molar-refractivity contribution in [3.8, 4) is 12.3 Å². The van der Waals surface area contributed by atoms with Crippen LogP contribution in [0.25, 0.3) is 0 Å². The maximum Gasteiger partial charge on any atom is 0.234 e. The molecule has 0 spiro atoms. The minimum absolute atomic E-state index is 0.0159. The second-order valence-corrected chi connectivity index (χ2v) is 3.94. The molecule has 16 heavy (non-hydrogen) atoms. The van der Waals surface area contributed by atoms with Crippen molar-refractivity contribution < 1.29 is 9.53 Å². The van der Waals surface area contributed by atoms with Gasteiger partial charge in [-0.05, 0) is 19.4 Å². The number of amides is 1. The van der Waals surface area contributed by atoms with Gasteiger partial charge in [0.05, 0.1) is 19.2 Å². The molecule has 0 saturated carbocycles. The van der Waals surface area contributed by atoms with Gasteiger partial charge >= 0.3 is 0 Å². The van der Waals surface area contributed by atoms with Crippen LogP contribution in [0, 0.1) is 12.3 Å². The van der Waals surface area contributed by atoms with Gasteiger partial charge in [0.1, 0.15) is 0 Å². The van der Waals surface area contributed by atoms with Crippen molar-refractivity contribution in [2.75, 3.05) is 32.8 Å². The third kappa shape index (κ3) is 4.65. The predicted octanol–water partition coefficient (Wildman–Crippen LogP) is 0.237. The van der Waals surface area contributed by atoms with Gasteiger partial charge in [-0.1, -0.05) is 12.8 Å². The second-order valence-electron chi connectivity index (χ2n) is 3.94. The number of hydrogen-bond acceptors (Lipinski definition) is 3. The highest BCUT2D eigenvalue weighted by Crippen LogP contribution is 2.12. The monoisotopic (exact) mass is 224 g/mol. The SMILES string of the molecule is C#CCNC(=O)CN(CC)CC1CCCO1. The van der Waals surface area contributed by atoms with E-state index in [1.165, 1.54) is 0 Å². The third-order valence-corrected chi connectivity index (χ3v) is 2.69. The van der Waals surface area contributed by atoms with E-state index in [1.807, 2.05) is 6.92 Å². The van der Waals surface area contributed by atoms with Crippen molar-refractivity contribution in [2.24, 2.45) is 0 Å². The van der Waals surface area contributed by atoms with E-state index in [-0.39, 0.29) is 5.91 Å². The lowest BCUT2D eigenvalue weighted by molar-refractivity contribution is -0.122. The molecule has 1 aliphatic heterocycles. The number of rotatable bonds is 6. The first-order valence-corrected chi connectivity index (χ1v) is 5.80. The molecule has 0 aromatic heterocycles. The van der Waals surface area contributed by atoms with Crippen LogP contribution in [0.4, 0.5) is 0 Å². The van der Waals surface area contributed by atoms with Gasteiger partial charge in [-0.2, -0.15) is 0 Å². The summed E-state index contributed by atoms with van der Waals surface area (Å²) in [6, 6.07) is 0. The van der Waals surface area contributed by atoms with E-state index in [2.05, 4.69) is 16.1 Å². The summed E-state index contributed by atoms with van der Waals surface area (Å²) in [5.74, 6) is 2.37. The standard InChI is InChI=1S/C12H20N2O2/c1-3-7-13-12(15)10-14(4-2)9-11-6-5-8-16-11/h1,11H,4-10H2,2H3,(H,13,15). The van der Waals surface area contributed by atoms with E-state index >= 15 is 0 Å². The highest BCUT2D eigenvalue weighted by molar-refractivity contribution is 5.78. The lowest BCUT2D eigenvalue weighted by Crippen LogP contribution is -2.40. The fraction of sp³-hybridized carbons (Fsp3) is 0.750. The summed E-state index contributed by atoms with van der Waals surface area (Å²) >= 11 is 0. The fourth-order valence-corrected chi connectivity index (χ4v) is 1.79. The Morgan fingerprint density at radius 1 is 1.69 bits per heavy atom. The molecule has 0 bridgehead atoms. The van der Waals surface area contributed by atoms with Gasteiger partial charge in [0.15, 0.2) is 0 Å². The molecule has 4 heteroatoms. The summed E-state index contributed by atoms with van der Waals surface area (Å²) in [5.41, 5.74) is 0. The summed E-state index contributed by atoms with van der Waals surface area (Å²) in [4.78, 5) is 13.5. The van der Waals surface area contributed by atoms with Crippen LogP contribution < -0.4 is 5.32 Å². The molecule has 0 aromatic carbocycles. The van der Waals surface area contributed by atoms with E-state index in [0.29, 0.717) is 19.2 Å². The Kier molecular flexibility index (Phi) is 5.91. The topological polar surface area (TPSA) is 41.6 Å². The van der Waals surface area contributed by atoms with Crippen LogP contribution in [0.15, 0.2) is 0 Å². The summed E-state index contributed by atoms with van der Waals surface area (Å²) in [7, 11) is 0. The third-order valence-electron chi connectivity index (χ3n) is 2.69. The largest absolute Gasteiger partial charge is 0.377 e. The summed E-state index contributed by atoms with van der Waals surface area (Å²) < 4.78 is 5.54. The number of likely N-dealkylation sites (N-methyl/N-ethyl adjacent to an activating group) is 1. The Balaban J connectivity index is 2.25.